The lowest BCUT2D eigenvalue weighted by atomic mass is 9.80. The molecule has 0 saturated carbocycles. The van der Waals surface area contributed by atoms with Crippen molar-refractivity contribution in [3.05, 3.63) is 5.82 Å². The van der Waals surface area contributed by atoms with Gasteiger partial charge in [0.05, 0.1) is 12.0 Å². The number of tetrazole rings is 1. The van der Waals surface area contributed by atoms with Gasteiger partial charge in [-0.3, -0.25) is 4.79 Å². The second kappa shape index (κ2) is 5.89. The molecule has 0 aliphatic rings. The van der Waals surface area contributed by atoms with Crippen molar-refractivity contribution in [1.82, 2.24) is 20.2 Å². The van der Waals surface area contributed by atoms with Crippen LogP contribution in [0.5, 0.6) is 0 Å². The van der Waals surface area contributed by atoms with E-state index in [4.69, 9.17) is 0 Å². The fraction of sp³-hybridized carbons (Fsp3) is 0.857. The van der Waals surface area contributed by atoms with Crippen LogP contribution in [0, 0.1) is 16.7 Å². The fourth-order valence-electron chi connectivity index (χ4n) is 1.73. The minimum atomic E-state index is -0.838. The summed E-state index contributed by atoms with van der Waals surface area (Å²) in [4.78, 5) is 11.4. The number of carboxylic acids is 1. The van der Waals surface area contributed by atoms with Crippen molar-refractivity contribution < 1.29 is 9.90 Å². The molecule has 0 aliphatic carbocycles. The number of rotatable bonds is 6. The summed E-state index contributed by atoms with van der Waals surface area (Å²) in [6, 6.07) is 0. The van der Waals surface area contributed by atoms with Crippen LogP contribution >= 0.6 is 0 Å². The molecular formula is C14H26N4O2. The van der Waals surface area contributed by atoms with Crippen molar-refractivity contribution in [2.24, 2.45) is 16.7 Å². The first-order valence-corrected chi connectivity index (χ1v) is 7.08. The third-order valence-electron chi connectivity index (χ3n) is 4.37. The normalized spacial score (nSPS) is 16.7. The molecule has 0 aliphatic heterocycles. The average Bonchev–Trinajstić information content (AvgIpc) is 2.74. The van der Waals surface area contributed by atoms with Gasteiger partial charge in [-0.2, -0.15) is 0 Å². The maximum absolute atomic E-state index is 11.4. The zero-order chi connectivity index (χ0) is 15.6. The summed E-state index contributed by atoms with van der Waals surface area (Å²) in [5.41, 5.74) is -0.674. The van der Waals surface area contributed by atoms with E-state index in [1.165, 1.54) is 0 Å². The van der Waals surface area contributed by atoms with Crippen LogP contribution in [-0.2, 0) is 17.8 Å². The highest BCUT2D eigenvalue weighted by Crippen LogP contribution is 2.29. The summed E-state index contributed by atoms with van der Waals surface area (Å²) < 4.78 is 1.64. The van der Waals surface area contributed by atoms with Crippen LogP contribution in [0.1, 0.15) is 53.8 Å². The van der Waals surface area contributed by atoms with Crippen molar-refractivity contribution >= 4 is 5.97 Å². The van der Waals surface area contributed by atoms with Gasteiger partial charge in [0, 0.05) is 6.42 Å². The molecule has 114 valence electrons. The van der Waals surface area contributed by atoms with Crippen LogP contribution in [0.15, 0.2) is 0 Å². The topological polar surface area (TPSA) is 80.9 Å². The molecule has 20 heavy (non-hydrogen) atoms. The standard InChI is InChI=1S/C14H26N4O2/c1-7-14(6,12(19)20)9-18-11(15-16-17-18)8-10(2)13(3,4)5/h10H,7-9H2,1-6H3,(H,19,20). The summed E-state index contributed by atoms with van der Waals surface area (Å²) in [7, 11) is 0. The van der Waals surface area contributed by atoms with Crippen LogP contribution in [0.3, 0.4) is 0 Å². The average molecular weight is 282 g/mol. The van der Waals surface area contributed by atoms with E-state index in [2.05, 4.69) is 43.2 Å². The SMILES string of the molecule is CCC(C)(Cn1nnnc1CC(C)C(C)(C)C)C(=O)O. The van der Waals surface area contributed by atoms with Crippen molar-refractivity contribution in [3.63, 3.8) is 0 Å². The first-order chi connectivity index (χ1) is 9.10. The number of carbonyl (C=O) groups is 1. The minimum absolute atomic E-state index is 0.164. The number of nitrogens with zero attached hydrogens (tertiary/aromatic N) is 4. The number of hydrogen-bond acceptors (Lipinski definition) is 4. The Balaban J connectivity index is 2.90. The zero-order valence-corrected chi connectivity index (χ0v) is 13.3. The lowest BCUT2D eigenvalue weighted by Gasteiger charge is -2.27. The summed E-state index contributed by atoms with van der Waals surface area (Å²) in [5, 5.41) is 21.1. The molecule has 0 amide bonds. The third kappa shape index (κ3) is 3.77. The molecule has 0 aromatic carbocycles. The smallest absolute Gasteiger partial charge is 0.311 e. The van der Waals surface area contributed by atoms with Gasteiger partial charge in [0.15, 0.2) is 5.82 Å². The van der Waals surface area contributed by atoms with E-state index in [0.29, 0.717) is 18.9 Å². The van der Waals surface area contributed by atoms with Gasteiger partial charge in [-0.25, -0.2) is 4.68 Å². The van der Waals surface area contributed by atoms with E-state index in [-0.39, 0.29) is 5.41 Å². The number of hydrogen-bond donors (Lipinski definition) is 1. The molecule has 0 spiro atoms. The van der Waals surface area contributed by atoms with Crippen LogP contribution in [0.2, 0.25) is 0 Å². The highest BCUT2D eigenvalue weighted by atomic mass is 16.4. The summed E-state index contributed by atoms with van der Waals surface area (Å²) in [6.07, 6.45) is 1.28. The second-order valence-electron chi connectivity index (χ2n) is 6.94. The second-order valence-corrected chi connectivity index (χ2v) is 6.94. The van der Waals surface area contributed by atoms with E-state index in [1.807, 2.05) is 6.92 Å². The monoisotopic (exact) mass is 282 g/mol. The van der Waals surface area contributed by atoms with Gasteiger partial charge < -0.3 is 5.11 Å². The lowest BCUT2D eigenvalue weighted by molar-refractivity contribution is -0.149. The van der Waals surface area contributed by atoms with Crippen LogP contribution < -0.4 is 0 Å². The quantitative estimate of drug-likeness (QED) is 0.866. The predicted octanol–water partition coefficient (Wildman–Crippen LogP) is 2.40. The molecule has 1 N–H and O–H groups in total. The Kier molecular flexibility index (Phi) is 4.89. The lowest BCUT2D eigenvalue weighted by Crippen LogP contribution is -2.33. The van der Waals surface area contributed by atoms with Crippen LogP contribution in [-0.4, -0.2) is 31.3 Å². The molecule has 1 aromatic heterocycles. The molecule has 6 nitrogen and oxygen atoms in total. The molecule has 0 saturated heterocycles. The van der Waals surface area contributed by atoms with E-state index in [9.17, 15) is 9.90 Å². The summed E-state index contributed by atoms with van der Waals surface area (Å²) in [5.74, 6) is 0.351. The maximum atomic E-state index is 11.4. The zero-order valence-electron chi connectivity index (χ0n) is 13.3. The molecular weight excluding hydrogens is 256 g/mol. The fourth-order valence-corrected chi connectivity index (χ4v) is 1.73. The Morgan fingerprint density at radius 1 is 1.35 bits per heavy atom. The minimum Gasteiger partial charge on any atom is -0.481 e. The molecule has 0 radical (unpaired) electrons. The first-order valence-electron chi connectivity index (χ1n) is 7.08. The molecule has 0 bridgehead atoms. The first kappa shape index (κ1) is 16.6. The van der Waals surface area contributed by atoms with Gasteiger partial charge in [-0.05, 0) is 35.1 Å². The third-order valence-corrected chi connectivity index (χ3v) is 4.37. The molecule has 0 fully saturated rings. The van der Waals surface area contributed by atoms with Crippen molar-refractivity contribution in [2.75, 3.05) is 0 Å². The summed E-state index contributed by atoms with van der Waals surface area (Å²) in [6.45, 7) is 12.6. The van der Waals surface area contributed by atoms with E-state index < -0.39 is 11.4 Å². The Morgan fingerprint density at radius 2 is 1.95 bits per heavy atom. The van der Waals surface area contributed by atoms with Gasteiger partial charge in [-0.15, -0.1) is 5.10 Å². The molecule has 6 heteroatoms. The van der Waals surface area contributed by atoms with Gasteiger partial charge in [0.1, 0.15) is 0 Å². The predicted molar refractivity (Wildman–Crippen MR) is 76.2 cm³/mol. The Bertz CT molecular complexity index is 464. The molecule has 1 heterocycles. The van der Waals surface area contributed by atoms with Gasteiger partial charge in [-0.1, -0.05) is 34.6 Å². The van der Waals surface area contributed by atoms with Crippen LogP contribution in [0.25, 0.3) is 0 Å². The maximum Gasteiger partial charge on any atom is 0.311 e. The van der Waals surface area contributed by atoms with E-state index >= 15 is 0 Å². The Hall–Kier alpha value is -1.46. The van der Waals surface area contributed by atoms with Crippen molar-refractivity contribution in [2.45, 2.75) is 60.9 Å². The molecule has 2 atom stereocenters. The van der Waals surface area contributed by atoms with Gasteiger partial charge in [0.25, 0.3) is 0 Å². The van der Waals surface area contributed by atoms with Gasteiger partial charge in [0.2, 0.25) is 0 Å². The molecule has 1 rings (SSSR count). The molecule has 2 unspecified atom stereocenters. The Morgan fingerprint density at radius 3 is 2.40 bits per heavy atom. The largest absolute Gasteiger partial charge is 0.481 e. The Labute approximate surface area is 120 Å². The number of carboxylic acid groups (broad SMARTS) is 1. The highest BCUT2D eigenvalue weighted by molar-refractivity contribution is 5.73. The van der Waals surface area contributed by atoms with Crippen molar-refractivity contribution in [3.8, 4) is 0 Å². The molecule has 1 aromatic rings. The van der Waals surface area contributed by atoms with Gasteiger partial charge >= 0.3 is 5.97 Å². The van der Waals surface area contributed by atoms with Crippen LogP contribution in [0.4, 0.5) is 0 Å². The van der Waals surface area contributed by atoms with E-state index in [0.717, 1.165) is 12.2 Å². The number of aromatic nitrogens is 4. The number of aliphatic carboxylic acids is 1. The van der Waals surface area contributed by atoms with Crippen molar-refractivity contribution in [1.29, 1.82) is 0 Å². The highest BCUT2D eigenvalue weighted by Gasteiger charge is 2.33. The summed E-state index contributed by atoms with van der Waals surface area (Å²) >= 11 is 0. The van der Waals surface area contributed by atoms with E-state index in [1.54, 1.807) is 11.6 Å².